The number of rotatable bonds is 3. The van der Waals surface area contributed by atoms with Crippen LogP contribution in [-0.4, -0.2) is 16.1 Å². The highest BCUT2D eigenvalue weighted by Gasteiger charge is 2.13. The predicted molar refractivity (Wildman–Crippen MR) is 79.2 cm³/mol. The molecule has 21 heavy (non-hydrogen) atoms. The van der Waals surface area contributed by atoms with Gasteiger partial charge in [0.05, 0.1) is 5.52 Å². The van der Waals surface area contributed by atoms with Crippen LogP contribution in [0.25, 0.3) is 10.9 Å². The van der Waals surface area contributed by atoms with Crippen molar-refractivity contribution in [1.82, 2.24) is 4.98 Å². The van der Waals surface area contributed by atoms with Crippen LogP contribution in [0.2, 0.25) is 0 Å². The van der Waals surface area contributed by atoms with Gasteiger partial charge in [-0.25, -0.2) is 14.2 Å². The molecule has 0 saturated heterocycles. The Morgan fingerprint density at radius 2 is 1.76 bits per heavy atom. The molecule has 3 nitrogen and oxygen atoms in total. The van der Waals surface area contributed by atoms with Crippen LogP contribution >= 0.6 is 11.8 Å². The van der Waals surface area contributed by atoms with Gasteiger partial charge in [-0.3, -0.25) is 0 Å². The maximum atomic E-state index is 13.8. The minimum atomic E-state index is -1.10. The van der Waals surface area contributed by atoms with Gasteiger partial charge in [0.25, 0.3) is 0 Å². The molecule has 3 rings (SSSR count). The summed E-state index contributed by atoms with van der Waals surface area (Å²) in [7, 11) is 0. The number of nitrogens with zero attached hydrogens (tertiary/aromatic N) is 1. The van der Waals surface area contributed by atoms with Gasteiger partial charge in [-0.05, 0) is 24.3 Å². The topological polar surface area (TPSA) is 50.2 Å². The van der Waals surface area contributed by atoms with Crippen LogP contribution in [0.5, 0.6) is 0 Å². The fourth-order valence-corrected chi connectivity index (χ4v) is 2.99. The van der Waals surface area contributed by atoms with E-state index in [0.717, 1.165) is 5.39 Å². The molecule has 0 aliphatic heterocycles. The first-order valence-corrected chi connectivity index (χ1v) is 7.02. The first-order chi connectivity index (χ1) is 10.1. The fraction of sp³-hybridized carbons (Fsp3) is 0. The lowest BCUT2D eigenvalue weighted by Gasteiger charge is -2.08. The smallest absolute Gasteiger partial charge is 0.354 e. The van der Waals surface area contributed by atoms with Gasteiger partial charge in [-0.1, -0.05) is 42.1 Å². The highest BCUT2D eigenvalue weighted by atomic mass is 32.2. The number of halogens is 1. The lowest BCUT2D eigenvalue weighted by Crippen LogP contribution is -2.01. The number of carbonyl (C=O) groups is 1. The van der Waals surface area contributed by atoms with Gasteiger partial charge in [0, 0.05) is 15.2 Å². The Hall–Kier alpha value is -2.40. The lowest BCUT2D eigenvalue weighted by molar-refractivity contribution is 0.0690. The third-order valence-corrected chi connectivity index (χ3v) is 4.06. The van der Waals surface area contributed by atoms with E-state index in [4.69, 9.17) is 5.11 Å². The van der Waals surface area contributed by atoms with E-state index in [2.05, 4.69) is 4.98 Å². The number of carboxylic acid groups (broad SMARTS) is 1. The van der Waals surface area contributed by atoms with Crippen molar-refractivity contribution in [3.63, 3.8) is 0 Å². The van der Waals surface area contributed by atoms with Crippen LogP contribution in [-0.2, 0) is 0 Å². The van der Waals surface area contributed by atoms with E-state index in [1.54, 1.807) is 30.3 Å². The summed E-state index contributed by atoms with van der Waals surface area (Å²) in [5.41, 5.74) is 0.531. The Morgan fingerprint density at radius 3 is 2.52 bits per heavy atom. The average molecular weight is 299 g/mol. The van der Waals surface area contributed by atoms with E-state index in [9.17, 15) is 9.18 Å². The first kappa shape index (κ1) is 13.6. The minimum absolute atomic E-state index is 0.0486. The van der Waals surface area contributed by atoms with Crippen molar-refractivity contribution in [2.75, 3.05) is 0 Å². The predicted octanol–water partition coefficient (Wildman–Crippen LogP) is 4.22. The quantitative estimate of drug-likeness (QED) is 0.786. The normalized spacial score (nSPS) is 10.7. The van der Waals surface area contributed by atoms with Crippen LogP contribution in [0, 0.1) is 5.82 Å². The number of aromatic carboxylic acids is 1. The second-order valence-corrected chi connectivity index (χ2v) is 5.44. The maximum absolute atomic E-state index is 13.8. The van der Waals surface area contributed by atoms with E-state index in [1.807, 2.05) is 12.1 Å². The lowest BCUT2D eigenvalue weighted by atomic mass is 10.2. The van der Waals surface area contributed by atoms with Crippen molar-refractivity contribution in [2.24, 2.45) is 0 Å². The minimum Gasteiger partial charge on any atom is -0.477 e. The zero-order chi connectivity index (χ0) is 14.8. The van der Waals surface area contributed by atoms with Gasteiger partial charge >= 0.3 is 5.97 Å². The van der Waals surface area contributed by atoms with Crippen molar-refractivity contribution in [1.29, 1.82) is 0 Å². The van der Waals surface area contributed by atoms with Gasteiger partial charge in [-0.2, -0.15) is 0 Å². The second-order valence-electron chi connectivity index (χ2n) is 4.36. The molecule has 1 aromatic heterocycles. The Kier molecular flexibility index (Phi) is 3.58. The summed E-state index contributed by atoms with van der Waals surface area (Å²) in [4.78, 5) is 16.4. The van der Waals surface area contributed by atoms with Crippen molar-refractivity contribution < 1.29 is 14.3 Å². The van der Waals surface area contributed by atoms with Gasteiger partial charge in [-0.15, -0.1) is 0 Å². The molecule has 0 aliphatic rings. The molecule has 0 fully saturated rings. The van der Waals surface area contributed by atoms with Crippen molar-refractivity contribution in [3.8, 4) is 0 Å². The number of benzene rings is 2. The average Bonchev–Trinajstić information content (AvgIpc) is 2.49. The highest BCUT2D eigenvalue weighted by Crippen LogP contribution is 2.34. The number of aromatic nitrogens is 1. The molecule has 0 bridgehead atoms. The SMILES string of the molecule is O=C(O)c1cc(Sc2ccccc2F)c2ccccc2n1. The number of hydrogen-bond donors (Lipinski definition) is 1. The van der Waals surface area contributed by atoms with E-state index in [0.29, 0.717) is 15.3 Å². The molecule has 3 aromatic rings. The third kappa shape index (κ3) is 2.73. The molecule has 0 radical (unpaired) electrons. The van der Waals surface area contributed by atoms with Crippen molar-refractivity contribution in [2.45, 2.75) is 9.79 Å². The summed E-state index contributed by atoms with van der Waals surface area (Å²) in [6.07, 6.45) is 0. The zero-order valence-corrected chi connectivity index (χ0v) is 11.6. The van der Waals surface area contributed by atoms with Gasteiger partial charge in [0.15, 0.2) is 0 Å². The Morgan fingerprint density at radius 1 is 1.05 bits per heavy atom. The molecule has 0 saturated carbocycles. The molecule has 0 aliphatic carbocycles. The van der Waals surface area contributed by atoms with Crippen molar-refractivity contribution >= 4 is 28.6 Å². The van der Waals surface area contributed by atoms with Gasteiger partial charge < -0.3 is 5.11 Å². The first-order valence-electron chi connectivity index (χ1n) is 6.20. The number of para-hydroxylation sites is 1. The summed E-state index contributed by atoms with van der Waals surface area (Å²) < 4.78 is 13.8. The number of hydrogen-bond acceptors (Lipinski definition) is 3. The molecule has 104 valence electrons. The number of fused-ring (bicyclic) bond motifs is 1. The number of carboxylic acids is 1. The molecule has 0 unspecified atom stereocenters. The Bertz CT molecular complexity index is 835. The standard InChI is InChI=1S/C16H10FNO2S/c17-11-6-2-4-8-14(11)21-15-9-13(16(19)20)18-12-7-3-1-5-10(12)15/h1-9H,(H,19,20). The summed E-state index contributed by atoms with van der Waals surface area (Å²) in [6.45, 7) is 0. The summed E-state index contributed by atoms with van der Waals surface area (Å²) in [6, 6.07) is 15.1. The highest BCUT2D eigenvalue weighted by molar-refractivity contribution is 7.99. The van der Waals surface area contributed by atoms with Gasteiger partial charge in [0.1, 0.15) is 11.5 Å². The Balaban J connectivity index is 2.16. The van der Waals surface area contributed by atoms with E-state index in [-0.39, 0.29) is 11.5 Å². The fourth-order valence-electron chi connectivity index (χ4n) is 1.98. The third-order valence-electron chi connectivity index (χ3n) is 2.95. The Labute approximate surface area is 124 Å². The van der Waals surface area contributed by atoms with Crippen LogP contribution in [0.4, 0.5) is 4.39 Å². The monoisotopic (exact) mass is 299 g/mol. The van der Waals surface area contributed by atoms with Crippen LogP contribution in [0.1, 0.15) is 10.5 Å². The molecular formula is C16H10FNO2S. The molecule has 0 amide bonds. The molecule has 0 spiro atoms. The van der Waals surface area contributed by atoms with Crippen LogP contribution in [0.3, 0.4) is 0 Å². The maximum Gasteiger partial charge on any atom is 0.354 e. The second kappa shape index (κ2) is 5.54. The molecule has 5 heteroatoms. The van der Waals surface area contributed by atoms with Crippen LogP contribution < -0.4 is 0 Å². The van der Waals surface area contributed by atoms with E-state index in [1.165, 1.54) is 23.9 Å². The molecule has 1 heterocycles. The van der Waals surface area contributed by atoms with Crippen LogP contribution in [0.15, 0.2) is 64.4 Å². The van der Waals surface area contributed by atoms with E-state index < -0.39 is 5.97 Å². The molecule has 1 N–H and O–H groups in total. The summed E-state index contributed by atoms with van der Waals surface area (Å²) in [5, 5.41) is 9.95. The van der Waals surface area contributed by atoms with E-state index >= 15 is 0 Å². The number of pyridine rings is 1. The van der Waals surface area contributed by atoms with Crippen molar-refractivity contribution in [3.05, 3.63) is 66.1 Å². The summed E-state index contributed by atoms with van der Waals surface area (Å²) in [5.74, 6) is -1.43. The largest absolute Gasteiger partial charge is 0.477 e. The zero-order valence-electron chi connectivity index (χ0n) is 10.8. The molecular weight excluding hydrogens is 289 g/mol. The molecule has 2 aromatic carbocycles. The van der Waals surface area contributed by atoms with Gasteiger partial charge in [0.2, 0.25) is 0 Å². The molecule has 0 atom stereocenters. The summed E-state index contributed by atoms with van der Waals surface area (Å²) >= 11 is 1.20.